The third-order valence-electron chi connectivity index (χ3n) is 2.79. The Kier molecular flexibility index (Phi) is 8.01. The molecule has 1 aromatic carbocycles. The number of aliphatic carboxylic acids is 1. The molecule has 1 rings (SSSR count). The molecule has 1 aromatic rings. The summed E-state index contributed by atoms with van der Waals surface area (Å²) in [5.41, 5.74) is 0.519. The Labute approximate surface area is 136 Å². The predicted molar refractivity (Wildman–Crippen MR) is 88.4 cm³/mol. The van der Waals surface area contributed by atoms with Gasteiger partial charge in [0.1, 0.15) is 11.6 Å². The summed E-state index contributed by atoms with van der Waals surface area (Å²) in [4.78, 5) is 10.7. The molecule has 5 heteroatoms. The summed E-state index contributed by atoms with van der Waals surface area (Å²) in [6.45, 7) is 5.26. The van der Waals surface area contributed by atoms with Crippen LogP contribution < -0.4 is 9.47 Å². The highest BCUT2D eigenvalue weighted by molar-refractivity contribution is 5.91. The standard InChI is InChI=1S/C18H21NO4/c1-3-10-22-16-9-8-14(12-17(16)23-11-4-2)6-5-7-15(13-19)18(20)21/h5-9,12H,3-4,10-11H2,1-2H3,(H,20,21). The number of allylic oxidation sites excluding steroid dienone is 2. The molecular weight excluding hydrogens is 294 g/mol. The minimum atomic E-state index is -1.24. The molecule has 0 aliphatic rings. The predicted octanol–water partition coefficient (Wildman–Crippen LogP) is 3.81. The SMILES string of the molecule is CCCOc1ccc(C=CC=C(C#N)C(=O)O)cc1OCCC. The summed E-state index contributed by atoms with van der Waals surface area (Å²) in [5.74, 6) is 0.105. The van der Waals surface area contributed by atoms with Crippen molar-refractivity contribution in [3.8, 4) is 17.6 Å². The number of carbonyl (C=O) groups is 1. The van der Waals surface area contributed by atoms with Crippen molar-refractivity contribution in [2.75, 3.05) is 13.2 Å². The molecular formula is C18H21NO4. The van der Waals surface area contributed by atoms with Crippen molar-refractivity contribution in [1.29, 1.82) is 5.26 Å². The van der Waals surface area contributed by atoms with Gasteiger partial charge in [-0.05, 0) is 36.6 Å². The van der Waals surface area contributed by atoms with Crippen molar-refractivity contribution in [2.24, 2.45) is 0 Å². The molecule has 0 aliphatic carbocycles. The van der Waals surface area contributed by atoms with Gasteiger partial charge < -0.3 is 14.6 Å². The fourth-order valence-electron chi connectivity index (χ4n) is 1.70. The molecule has 0 bridgehead atoms. The van der Waals surface area contributed by atoms with Crippen LogP contribution in [0.2, 0.25) is 0 Å². The zero-order valence-electron chi connectivity index (χ0n) is 13.4. The molecule has 0 aromatic heterocycles. The number of carboxylic acid groups (broad SMARTS) is 1. The van der Waals surface area contributed by atoms with Crippen molar-refractivity contribution < 1.29 is 19.4 Å². The quantitative estimate of drug-likeness (QED) is 0.426. The highest BCUT2D eigenvalue weighted by Gasteiger charge is 2.06. The first-order valence-electron chi connectivity index (χ1n) is 7.53. The van der Waals surface area contributed by atoms with Crippen LogP contribution in [0.4, 0.5) is 0 Å². The van der Waals surface area contributed by atoms with Crippen molar-refractivity contribution in [3.05, 3.63) is 41.5 Å². The van der Waals surface area contributed by atoms with Crippen molar-refractivity contribution >= 4 is 12.0 Å². The Hall–Kier alpha value is -2.74. The van der Waals surface area contributed by atoms with Crippen LogP contribution in [0, 0.1) is 11.3 Å². The van der Waals surface area contributed by atoms with Crippen LogP contribution in [0.15, 0.2) is 35.9 Å². The average molecular weight is 315 g/mol. The van der Waals surface area contributed by atoms with Gasteiger partial charge >= 0.3 is 5.97 Å². The molecule has 122 valence electrons. The van der Waals surface area contributed by atoms with Gasteiger partial charge in [-0.2, -0.15) is 5.26 Å². The Bertz CT molecular complexity index is 626. The number of carboxylic acids is 1. The van der Waals surface area contributed by atoms with Gasteiger partial charge in [0, 0.05) is 0 Å². The molecule has 0 fully saturated rings. The second-order valence-electron chi connectivity index (χ2n) is 4.76. The minimum Gasteiger partial charge on any atom is -0.490 e. The van der Waals surface area contributed by atoms with E-state index in [0.717, 1.165) is 18.4 Å². The maximum atomic E-state index is 10.7. The minimum absolute atomic E-state index is 0.313. The van der Waals surface area contributed by atoms with Gasteiger partial charge in [0.2, 0.25) is 0 Å². The van der Waals surface area contributed by atoms with E-state index in [0.29, 0.717) is 24.7 Å². The summed E-state index contributed by atoms with van der Waals surface area (Å²) in [6, 6.07) is 7.13. The lowest BCUT2D eigenvalue weighted by atomic mass is 10.1. The third kappa shape index (κ3) is 6.27. The Morgan fingerprint density at radius 1 is 1.22 bits per heavy atom. The molecule has 23 heavy (non-hydrogen) atoms. The molecule has 0 radical (unpaired) electrons. The number of nitrogens with zero attached hydrogens (tertiary/aromatic N) is 1. The van der Waals surface area contributed by atoms with Crippen LogP contribution in [-0.2, 0) is 4.79 Å². The molecule has 0 saturated heterocycles. The van der Waals surface area contributed by atoms with Crippen LogP contribution >= 0.6 is 0 Å². The molecule has 0 saturated carbocycles. The maximum absolute atomic E-state index is 10.7. The van der Waals surface area contributed by atoms with E-state index in [2.05, 4.69) is 0 Å². The number of rotatable bonds is 9. The Morgan fingerprint density at radius 3 is 2.43 bits per heavy atom. The summed E-state index contributed by atoms with van der Waals surface area (Å²) in [6.07, 6.45) is 6.29. The molecule has 0 amide bonds. The number of benzene rings is 1. The second-order valence-corrected chi connectivity index (χ2v) is 4.76. The first-order valence-corrected chi connectivity index (χ1v) is 7.53. The van der Waals surface area contributed by atoms with Gasteiger partial charge in [-0.25, -0.2) is 4.79 Å². The lowest BCUT2D eigenvalue weighted by molar-refractivity contribution is -0.132. The highest BCUT2D eigenvalue weighted by Crippen LogP contribution is 2.29. The monoisotopic (exact) mass is 315 g/mol. The number of nitriles is 1. The molecule has 0 atom stereocenters. The van der Waals surface area contributed by atoms with Gasteiger partial charge in [0.05, 0.1) is 13.2 Å². The highest BCUT2D eigenvalue weighted by atomic mass is 16.5. The molecule has 5 nitrogen and oxygen atoms in total. The van der Waals surface area contributed by atoms with E-state index in [1.54, 1.807) is 12.1 Å². The van der Waals surface area contributed by atoms with Crippen LogP contribution in [0.25, 0.3) is 6.08 Å². The first kappa shape index (κ1) is 18.3. The number of hydrogen-bond donors (Lipinski definition) is 1. The van der Waals surface area contributed by atoms with Crippen molar-refractivity contribution in [1.82, 2.24) is 0 Å². The number of ether oxygens (including phenoxy) is 2. The van der Waals surface area contributed by atoms with E-state index < -0.39 is 5.97 Å². The Balaban J connectivity index is 2.95. The largest absolute Gasteiger partial charge is 0.490 e. The Morgan fingerprint density at radius 2 is 1.87 bits per heavy atom. The molecule has 1 N–H and O–H groups in total. The molecule has 0 spiro atoms. The van der Waals surface area contributed by atoms with Gasteiger partial charge in [-0.15, -0.1) is 0 Å². The van der Waals surface area contributed by atoms with Gasteiger partial charge in [0.25, 0.3) is 0 Å². The molecule has 0 unspecified atom stereocenters. The first-order chi connectivity index (χ1) is 11.1. The summed E-state index contributed by atoms with van der Waals surface area (Å²) >= 11 is 0. The third-order valence-corrected chi connectivity index (χ3v) is 2.79. The van der Waals surface area contributed by atoms with Crippen molar-refractivity contribution in [3.63, 3.8) is 0 Å². The zero-order valence-corrected chi connectivity index (χ0v) is 13.4. The normalized spacial score (nSPS) is 11.3. The maximum Gasteiger partial charge on any atom is 0.346 e. The van der Waals surface area contributed by atoms with Crippen LogP contribution in [-0.4, -0.2) is 24.3 Å². The van der Waals surface area contributed by atoms with Gasteiger partial charge in [-0.1, -0.05) is 32.1 Å². The second kappa shape index (κ2) is 10.1. The topological polar surface area (TPSA) is 79.5 Å². The van der Waals surface area contributed by atoms with Gasteiger partial charge in [-0.3, -0.25) is 0 Å². The lowest BCUT2D eigenvalue weighted by Gasteiger charge is -2.12. The lowest BCUT2D eigenvalue weighted by Crippen LogP contribution is -2.01. The van der Waals surface area contributed by atoms with E-state index in [1.807, 2.05) is 32.0 Å². The fourth-order valence-corrected chi connectivity index (χ4v) is 1.70. The summed E-state index contributed by atoms with van der Waals surface area (Å²) < 4.78 is 11.3. The van der Waals surface area contributed by atoms with Crippen LogP contribution in [0.1, 0.15) is 32.3 Å². The molecule has 0 heterocycles. The van der Waals surface area contributed by atoms with E-state index in [-0.39, 0.29) is 5.57 Å². The van der Waals surface area contributed by atoms with Crippen LogP contribution in [0.3, 0.4) is 0 Å². The van der Waals surface area contributed by atoms with E-state index >= 15 is 0 Å². The summed E-state index contributed by atoms with van der Waals surface area (Å²) in [7, 11) is 0. The van der Waals surface area contributed by atoms with Crippen LogP contribution in [0.5, 0.6) is 11.5 Å². The molecule has 0 aliphatic heterocycles. The summed E-state index contributed by atoms with van der Waals surface area (Å²) in [5, 5.41) is 17.5. The van der Waals surface area contributed by atoms with Gasteiger partial charge in [0.15, 0.2) is 11.5 Å². The number of hydrogen-bond acceptors (Lipinski definition) is 4. The average Bonchev–Trinajstić information content (AvgIpc) is 2.55. The van der Waals surface area contributed by atoms with E-state index in [4.69, 9.17) is 19.8 Å². The van der Waals surface area contributed by atoms with E-state index in [1.165, 1.54) is 12.2 Å². The van der Waals surface area contributed by atoms with Crippen molar-refractivity contribution in [2.45, 2.75) is 26.7 Å². The van der Waals surface area contributed by atoms with E-state index in [9.17, 15) is 4.79 Å². The fraction of sp³-hybridized carbons (Fsp3) is 0.333. The zero-order chi connectivity index (χ0) is 17.1. The smallest absolute Gasteiger partial charge is 0.346 e.